The Labute approximate surface area is 131 Å². The SMILES string of the molecule is Cc1c2ccccc2nc2c1c(=O)c1cc(Cl)ccc1n2C. The molecule has 3 nitrogen and oxygen atoms in total. The fourth-order valence-electron chi connectivity index (χ4n) is 3.11. The Kier molecular flexibility index (Phi) is 2.75. The molecule has 0 aliphatic heterocycles. The molecule has 108 valence electrons. The van der Waals surface area contributed by atoms with E-state index in [9.17, 15) is 4.79 Å². The van der Waals surface area contributed by atoms with Gasteiger partial charge in [0.25, 0.3) is 0 Å². The Morgan fingerprint density at radius 2 is 1.86 bits per heavy atom. The first-order valence-electron chi connectivity index (χ1n) is 7.05. The van der Waals surface area contributed by atoms with Gasteiger partial charge in [0.15, 0.2) is 5.43 Å². The first-order chi connectivity index (χ1) is 10.6. The number of aromatic nitrogens is 2. The first-order valence-corrected chi connectivity index (χ1v) is 7.43. The summed E-state index contributed by atoms with van der Waals surface area (Å²) in [5.41, 5.74) is 3.39. The zero-order chi connectivity index (χ0) is 15.4. The summed E-state index contributed by atoms with van der Waals surface area (Å²) in [4.78, 5) is 17.6. The fraction of sp³-hybridized carbons (Fsp3) is 0.111. The van der Waals surface area contributed by atoms with Crippen LogP contribution in [-0.2, 0) is 7.05 Å². The Morgan fingerprint density at radius 3 is 2.68 bits per heavy atom. The van der Waals surface area contributed by atoms with Crippen LogP contribution in [-0.4, -0.2) is 9.55 Å². The van der Waals surface area contributed by atoms with E-state index in [1.165, 1.54) is 0 Å². The highest BCUT2D eigenvalue weighted by Gasteiger charge is 2.14. The highest BCUT2D eigenvalue weighted by molar-refractivity contribution is 6.31. The minimum Gasteiger partial charge on any atom is -0.328 e. The van der Waals surface area contributed by atoms with Gasteiger partial charge >= 0.3 is 0 Å². The van der Waals surface area contributed by atoms with Gasteiger partial charge in [-0.3, -0.25) is 4.79 Å². The van der Waals surface area contributed by atoms with Crippen molar-refractivity contribution in [2.24, 2.45) is 7.05 Å². The van der Waals surface area contributed by atoms with Crippen molar-refractivity contribution in [3.05, 3.63) is 63.3 Å². The van der Waals surface area contributed by atoms with E-state index in [0.717, 1.165) is 22.0 Å². The number of benzene rings is 2. The van der Waals surface area contributed by atoms with Gasteiger partial charge in [-0.2, -0.15) is 0 Å². The summed E-state index contributed by atoms with van der Waals surface area (Å²) in [7, 11) is 1.93. The molecule has 4 aromatic rings. The van der Waals surface area contributed by atoms with Crippen LogP contribution in [0, 0.1) is 6.92 Å². The summed E-state index contributed by atoms with van der Waals surface area (Å²) in [6.07, 6.45) is 0. The normalized spacial score (nSPS) is 11.6. The van der Waals surface area contributed by atoms with E-state index in [1.54, 1.807) is 12.1 Å². The van der Waals surface area contributed by atoms with Crippen LogP contribution >= 0.6 is 11.6 Å². The molecule has 0 aliphatic carbocycles. The molecule has 0 bridgehead atoms. The van der Waals surface area contributed by atoms with Gasteiger partial charge in [0.2, 0.25) is 0 Å². The molecule has 4 rings (SSSR count). The van der Waals surface area contributed by atoms with Crippen molar-refractivity contribution in [3.8, 4) is 0 Å². The number of halogens is 1. The van der Waals surface area contributed by atoms with Crippen LogP contribution in [0.3, 0.4) is 0 Å². The standard InChI is InChI=1S/C18H13ClN2O/c1-10-12-5-3-4-6-14(12)20-18-16(10)17(22)13-9-11(19)7-8-15(13)21(18)2/h3-9H,1-2H3. The summed E-state index contributed by atoms with van der Waals surface area (Å²) in [5, 5.41) is 2.86. The van der Waals surface area contributed by atoms with Crippen molar-refractivity contribution in [2.75, 3.05) is 0 Å². The van der Waals surface area contributed by atoms with Crippen LogP contribution in [0.5, 0.6) is 0 Å². The van der Waals surface area contributed by atoms with Gasteiger partial charge in [0.1, 0.15) is 5.65 Å². The summed E-state index contributed by atoms with van der Waals surface area (Å²) in [5.74, 6) is 0. The lowest BCUT2D eigenvalue weighted by Crippen LogP contribution is -2.12. The van der Waals surface area contributed by atoms with E-state index in [1.807, 2.05) is 48.9 Å². The van der Waals surface area contributed by atoms with Crippen LogP contribution in [0.4, 0.5) is 0 Å². The second-order valence-corrected chi connectivity index (χ2v) is 5.94. The molecule has 0 amide bonds. The Bertz CT molecular complexity index is 1130. The highest BCUT2D eigenvalue weighted by atomic mass is 35.5. The van der Waals surface area contributed by atoms with Crippen LogP contribution in [0.15, 0.2) is 47.3 Å². The molecular weight excluding hydrogens is 296 g/mol. The van der Waals surface area contributed by atoms with Crippen molar-refractivity contribution in [1.29, 1.82) is 0 Å². The average Bonchev–Trinajstić information content (AvgIpc) is 2.52. The van der Waals surface area contributed by atoms with Gasteiger partial charge < -0.3 is 4.57 Å². The Balaban J connectivity index is 2.37. The average molecular weight is 309 g/mol. The molecule has 2 heterocycles. The number of hydrogen-bond acceptors (Lipinski definition) is 2. The molecule has 2 aromatic heterocycles. The number of rotatable bonds is 0. The molecule has 2 aromatic carbocycles. The van der Waals surface area contributed by atoms with Crippen molar-refractivity contribution in [3.63, 3.8) is 0 Å². The quantitative estimate of drug-likeness (QED) is 0.456. The van der Waals surface area contributed by atoms with Gasteiger partial charge in [-0.25, -0.2) is 4.98 Å². The van der Waals surface area contributed by atoms with E-state index >= 15 is 0 Å². The molecule has 0 aliphatic rings. The number of fused-ring (bicyclic) bond motifs is 3. The molecule has 0 saturated carbocycles. The Morgan fingerprint density at radius 1 is 1.09 bits per heavy atom. The monoisotopic (exact) mass is 308 g/mol. The topological polar surface area (TPSA) is 34.9 Å². The molecule has 4 heteroatoms. The van der Waals surface area contributed by atoms with Crippen LogP contribution in [0.2, 0.25) is 5.02 Å². The van der Waals surface area contributed by atoms with Gasteiger partial charge in [0.05, 0.1) is 16.4 Å². The predicted octanol–water partition coefficient (Wildman–Crippen LogP) is 4.20. The van der Waals surface area contributed by atoms with Crippen molar-refractivity contribution in [1.82, 2.24) is 9.55 Å². The summed E-state index contributed by atoms with van der Waals surface area (Å²) in [6, 6.07) is 13.3. The maximum absolute atomic E-state index is 12.9. The number of para-hydroxylation sites is 1. The lowest BCUT2D eigenvalue weighted by Gasteiger charge is -2.13. The van der Waals surface area contributed by atoms with E-state index in [-0.39, 0.29) is 5.43 Å². The van der Waals surface area contributed by atoms with Crippen LogP contribution in [0.1, 0.15) is 5.56 Å². The zero-order valence-corrected chi connectivity index (χ0v) is 13.0. The predicted molar refractivity (Wildman–Crippen MR) is 91.7 cm³/mol. The van der Waals surface area contributed by atoms with Crippen molar-refractivity contribution < 1.29 is 0 Å². The molecule has 0 spiro atoms. The first kappa shape index (κ1) is 13.3. The minimum absolute atomic E-state index is 0.0126. The zero-order valence-electron chi connectivity index (χ0n) is 12.2. The van der Waals surface area contributed by atoms with E-state index < -0.39 is 0 Å². The summed E-state index contributed by atoms with van der Waals surface area (Å²) in [6.45, 7) is 1.98. The minimum atomic E-state index is -0.0126. The van der Waals surface area contributed by atoms with Crippen LogP contribution < -0.4 is 5.43 Å². The molecular formula is C18H13ClN2O. The molecule has 0 saturated heterocycles. The van der Waals surface area contributed by atoms with Gasteiger partial charge in [-0.05, 0) is 36.8 Å². The molecule has 0 radical (unpaired) electrons. The fourth-order valence-corrected chi connectivity index (χ4v) is 3.28. The van der Waals surface area contributed by atoms with Crippen molar-refractivity contribution in [2.45, 2.75) is 6.92 Å². The number of aryl methyl sites for hydroxylation is 2. The lowest BCUT2D eigenvalue weighted by atomic mass is 10.0. The molecule has 0 unspecified atom stereocenters. The van der Waals surface area contributed by atoms with E-state index in [4.69, 9.17) is 16.6 Å². The molecule has 0 N–H and O–H groups in total. The maximum atomic E-state index is 12.9. The largest absolute Gasteiger partial charge is 0.328 e. The smallest absolute Gasteiger partial charge is 0.199 e. The van der Waals surface area contributed by atoms with Gasteiger partial charge in [0, 0.05) is 22.8 Å². The molecule has 0 fully saturated rings. The van der Waals surface area contributed by atoms with Gasteiger partial charge in [-0.15, -0.1) is 0 Å². The Hall–Kier alpha value is -2.39. The van der Waals surface area contributed by atoms with Crippen molar-refractivity contribution >= 4 is 44.4 Å². The third-order valence-corrected chi connectivity index (χ3v) is 4.48. The lowest BCUT2D eigenvalue weighted by molar-refractivity contribution is 0.981. The second-order valence-electron chi connectivity index (χ2n) is 5.50. The number of pyridine rings is 2. The third-order valence-electron chi connectivity index (χ3n) is 4.24. The third kappa shape index (κ3) is 1.69. The van der Waals surface area contributed by atoms with Gasteiger partial charge in [-0.1, -0.05) is 29.8 Å². The molecule has 22 heavy (non-hydrogen) atoms. The summed E-state index contributed by atoms with van der Waals surface area (Å²) < 4.78 is 1.96. The maximum Gasteiger partial charge on any atom is 0.199 e. The number of nitrogens with zero attached hydrogens (tertiary/aromatic N) is 2. The molecule has 0 atom stereocenters. The second kappa shape index (κ2) is 4.55. The van der Waals surface area contributed by atoms with E-state index in [2.05, 4.69) is 0 Å². The van der Waals surface area contributed by atoms with E-state index in [0.29, 0.717) is 21.4 Å². The van der Waals surface area contributed by atoms with Crippen LogP contribution in [0.25, 0.3) is 32.8 Å². The number of hydrogen-bond donors (Lipinski definition) is 0. The highest BCUT2D eigenvalue weighted by Crippen LogP contribution is 2.26. The summed E-state index contributed by atoms with van der Waals surface area (Å²) >= 11 is 6.07.